The lowest BCUT2D eigenvalue weighted by Gasteiger charge is -2.11. The summed E-state index contributed by atoms with van der Waals surface area (Å²) >= 11 is 6.58. The Bertz CT molecular complexity index is 438. The van der Waals surface area contributed by atoms with Gasteiger partial charge < -0.3 is 10.9 Å². The maximum absolute atomic E-state index is 11.8. The lowest BCUT2D eigenvalue weighted by Crippen LogP contribution is -2.13. The maximum atomic E-state index is 11.8. The van der Waals surface area contributed by atoms with Crippen molar-refractivity contribution in [2.24, 2.45) is 5.11 Å². The molecule has 16 heavy (non-hydrogen) atoms. The smallest absolute Gasteiger partial charge is 0.269 e. The first-order chi connectivity index (χ1) is 7.20. The van der Waals surface area contributed by atoms with E-state index in [2.05, 4.69) is 37.0 Å². The SMILES string of the molecule is CC(C)(C)N=[N+]([O-])c1cc(Br)cc(Br)c1N. The fraction of sp³-hybridized carbons (Fsp3) is 0.400. The summed E-state index contributed by atoms with van der Waals surface area (Å²) in [5.41, 5.74) is 6.07. The Morgan fingerprint density at radius 1 is 1.31 bits per heavy atom. The van der Waals surface area contributed by atoms with Gasteiger partial charge in [0.15, 0.2) is 0 Å². The van der Waals surface area contributed by atoms with Gasteiger partial charge in [-0.25, -0.2) is 0 Å². The topological polar surface area (TPSA) is 64.5 Å². The van der Waals surface area contributed by atoms with Crippen LogP contribution in [0.1, 0.15) is 20.8 Å². The monoisotopic (exact) mass is 349 g/mol. The summed E-state index contributed by atoms with van der Waals surface area (Å²) in [6.07, 6.45) is 0. The van der Waals surface area contributed by atoms with Crippen LogP contribution >= 0.6 is 31.9 Å². The van der Waals surface area contributed by atoms with Gasteiger partial charge >= 0.3 is 0 Å². The first kappa shape index (κ1) is 13.4. The third kappa shape index (κ3) is 3.45. The Kier molecular flexibility index (Phi) is 3.96. The molecule has 0 fully saturated rings. The normalized spacial score (nSPS) is 12.9. The Balaban J connectivity index is 3.29. The van der Waals surface area contributed by atoms with Crippen LogP contribution in [0, 0.1) is 5.21 Å². The second-order valence-corrected chi connectivity index (χ2v) is 6.13. The Labute approximate surface area is 111 Å². The molecule has 6 heteroatoms. The fourth-order valence-electron chi connectivity index (χ4n) is 1.06. The van der Waals surface area contributed by atoms with E-state index in [9.17, 15) is 5.21 Å². The molecule has 1 rings (SSSR count). The number of azo groups is 1. The van der Waals surface area contributed by atoms with E-state index in [0.29, 0.717) is 20.7 Å². The second-order valence-electron chi connectivity index (χ2n) is 4.36. The molecule has 0 heterocycles. The molecule has 2 N–H and O–H groups in total. The van der Waals surface area contributed by atoms with Crippen LogP contribution in [0.3, 0.4) is 0 Å². The highest BCUT2D eigenvalue weighted by Crippen LogP contribution is 2.34. The summed E-state index contributed by atoms with van der Waals surface area (Å²) in [4.78, 5) is 0.560. The van der Waals surface area contributed by atoms with E-state index in [1.54, 1.807) is 12.1 Å². The second kappa shape index (κ2) is 4.71. The van der Waals surface area contributed by atoms with Gasteiger partial charge in [0.25, 0.3) is 5.69 Å². The molecule has 0 aliphatic heterocycles. The number of halogens is 2. The lowest BCUT2D eigenvalue weighted by molar-refractivity contribution is -0.448. The number of nitrogen functional groups attached to an aromatic ring is 1. The van der Waals surface area contributed by atoms with Gasteiger partial charge in [0.05, 0.1) is 0 Å². The van der Waals surface area contributed by atoms with Crippen molar-refractivity contribution in [1.29, 1.82) is 0 Å². The summed E-state index contributed by atoms with van der Waals surface area (Å²) in [5.74, 6) is 0. The summed E-state index contributed by atoms with van der Waals surface area (Å²) in [6, 6.07) is 3.42. The van der Waals surface area contributed by atoms with E-state index in [0.717, 1.165) is 4.47 Å². The molecule has 1 aromatic carbocycles. The average Bonchev–Trinajstić information content (AvgIpc) is 2.08. The zero-order valence-corrected chi connectivity index (χ0v) is 12.5. The number of anilines is 1. The van der Waals surface area contributed by atoms with Crippen molar-refractivity contribution in [2.45, 2.75) is 26.3 Å². The van der Waals surface area contributed by atoms with Crippen molar-refractivity contribution in [2.75, 3.05) is 5.73 Å². The minimum Gasteiger partial charge on any atom is -0.594 e. The van der Waals surface area contributed by atoms with Gasteiger partial charge in [-0.1, -0.05) is 20.8 Å². The quantitative estimate of drug-likeness (QED) is 0.357. The Morgan fingerprint density at radius 2 is 1.88 bits per heavy atom. The van der Waals surface area contributed by atoms with Gasteiger partial charge in [0, 0.05) is 15.0 Å². The van der Waals surface area contributed by atoms with E-state index in [1.807, 2.05) is 20.8 Å². The fourth-order valence-corrected chi connectivity index (χ4v) is 2.26. The van der Waals surface area contributed by atoms with E-state index in [1.165, 1.54) is 0 Å². The summed E-state index contributed by atoms with van der Waals surface area (Å²) in [6.45, 7) is 5.54. The highest BCUT2D eigenvalue weighted by atomic mass is 79.9. The first-order valence-corrected chi connectivity index (χ1v) is 6.24. The van der Waals surface area contributed by atoms with Crippen LogP contribution in [-0.2, 0) is 0 Å². The largest absolute Gasteiger partial charge is 0.594 e. The predicted octanol–water partition coefficient (Wildman–Crippen LogP) is 4.19. The van der Waals surface area contributed by atoms with Crippen LogP contribution in [0.25, 0.3) is 0 Å². The molecule has 0 saturated carbocycles. The molecule has 1 aromatic rings. The van der Waals surface area contributed by atoms with E-state index in [-0.39, 0.29) is 0 Å². The number of benzene rings is 1. The van der Waals surface area contributed by atoms with Gasteiger partial charge in [0.1, 0.15) is 11.2 Å². The molecule has 0 saturated heterocycles. The van der Waals surface area contributed by atoms with Crippen LogP contribution in [0.2, 0.25) is 0 Å². The van der Waals surface area contributed by atoms with Crippen molar-refractivity contribution < 1.29 is 4.86 Å². The summed E-state index contributed by atoms with van der Waals surface area (Å²) < 4.78 is 1.44. The molecule has 88 valence electrons. The highest BCUT2D eigenvalue weighted by molar-refractivity contribution is 9.11. The molecule has 0 aliphatic rings. The molecule has 0 spiro atoms. The van der Waals surface area contributed by atoms with Crippen molar-refractivity contribution in [1.82, 2.24) is 0 Å². The van der Waals surface area contributed by atoms with Crippen molar-refractivity contribution in [3.8, 4) is 0 Å². The van der Waals surface area contributed by atoms with Crippen LogP contribution in [0.4, 0.5) is 11.4 Å². The van der Waals surface area contributed by atoms with E-state index < -0.39 is 5.54 Å². The molecule has 0 bridgehead atoms. The van der Waals surface area contributed by atoms with Gasteiger partial charge in [-0.05, 0) is 47.9 Å². The van der Waals surface area contributed by atoms with Crippen molar-refractivity contribution in [3.63, 3.8) is 0 Å². The van der Waals surface area contributed by atoms with Crippen molar-refractivity contribution >= 4 is 43.2 Å². The summed E-state index contributed by atoms with van der Waals surface area (Å²) in [7, 11) is 0. The van der Waals surface area contributed by atoms with Gasteiger partial charge in [-0.15, -0.1) is 0 Å². The minimum atomic E-state index is -0.441. The third-order valence-corrected chi connectivity index (χ3v) is 2.78. The average molecular weight is 351 g/mol. The molecule has 0 aliphatic carbocycles. The highest BCUT2D eigenvalue weighted by Gasteiger charge is 2.18. The van der Waals surface area contributed by atoms with E-state index in [4.69, 9.17) is 5.73 Å². The number of nitrogens with zero attached hydrogens (tertiary/aromatic N) is 2. The molecule has 4 nitrogen and oxygen atoms in total. The molecule has 0 unspecified atom stereocenters. The number of hydrogen-bond acceptors (Lipinski definition) is 3. The standard InChI is InChI=1S/C10H13Br2N3O/c1-10(2,3)14-15(16)8-5-6(11)4-7(12)9(8)13/h4-5H,13H2,1-3H3. The molecular formula is C10H13Br2N3O. The van der Waals surface area contributed by atoms with Gasteiger partial charge in [-0.2, -0.15) is 0 Å². The first-order valence-electron chi connectivity index (χ1n) is 4.65. The lowest BCUT2D eigenvalue weighted by atomic mass is 10.1. The Hall–Kier alpha value is -0.620. The molecule has 0 radical (unpaired) electrons. The van der Waals surface area contributed by atoms with Crippen LogP contribution in [0.15, 0.2) is 26.2 Å². The maximum Gasteiger partial charge on any atom is 0.269 e. The van der Waals surface area contributed by atoms with Crippen LogP contribution < -0.4 is 5.73 Å². The summed E-state index contributed by atoms with van der Waals surface area (Å²) in [5, 5.41) is 15.8. The minimum absolute atomic E-state index is 0.330. The van der Waals surface area contributed by atoms with Crippen LogP contribution in [0.5, 0.6) is 0 Å². The third-order valence-electron chi connectivity index (χ3n) is 1.67. The number of hydrogen-bond donors (Lipinski definition) is 1. The van der Waals surface area contributed by atoms with Crippen molar-refractivity contribution in [3.05, 3.63) is 26.3 Å². The van der Waals surface area contributed by atoms with Gasteiger partial charge in [-0.3, -0.25) is 0 Å². The number of nitrogens with two attached hydrogens (primary N) is 1. The predicted molar refractivity (Wildman–Crippen MR) is 71.7 cm³/mol. The zero-order chi connectivity index (χ0) is 12.5. The Morgan fingerprint density at radius 3 is 2.38 bits per heavy atom. The molecule has 0 atom stereocenters. The van der Waals surface area contributed by atoms with Crippen LogP contribution in [-0.4, -0.2) is 10.4 Å². The molecule has 0 amide bonds. The van der Waals surface area contributed by atoms with E-state index >= 15 is 0 Å². The molecular weight excluding hydrogens is 338 g/mol. The van der Waals surface area contributed by atoms with Gasteiger partial charge in [0.2, 0.25) is 0 Å². The zero-order valence-electron chi connectivity index (χ0n) is 9.29. The number of rotatable bonds is 1. The molecule has 0 aromatic heterocycles.